The molecule has 5 nitrogen and oxygen atoms in total. The molecule has 1 aromatic carbocycles. The van der Waals surface area contributed by atoms with Crippen LogP contribution < -0.4 is 4.74 Å². The summed E-state index contributed by atoms with van der Waals surface area (Å²) in [5.74, 6) is 0.124. The first-order valence-electron chi connectivity index (χ1n) is 7.87. The molecule has 0 aliphatic carbocycles. The van der Waals surface area contributed by atoms with Crippen molar-refractivity contribution in [2.45, 2.75) is 32.4 Å². The smallest absolute Gasteiger partial charge is 0.304 e. The van der Waals surface area contributed by atoms with E-state index in [0.29, 0.717) is 13.1 Å². The van der Waals surface area contributed by atoms with E-state index >= 15 is 0 Å². The quantitative estimate of drug-likeness (QED) is 0.798. The number of rotatable bonds is 8. The van der Waals surface area contributed by atoms with Crippen molar-refractivity contribution in [3.63, 3.8) is 0 Å². The van der Waals surface area contributed by atoms with Gasteiger partial charge in [0.15, 0.2) is 0 Å². The highest BCUT2D eigenvalue weighted by molar-refractivity contribution is 5.66. The summed E-state index contributed by atoms with van der Waals surface area (Å²) in [5, 5.41) is 8.75. The highest BCUT2D eigenvalue weighted by Crippen LogP contribution is 2.23. The van der Waals surface area contributed by atoms with Crippen LogP contribution in [0.1, 0.15) is 30.4 Å². The second-order valence-electron chi connectivity index (χ2n) is 6.01. The van der Waals surface area contributed by atoms with E-state index in [1.165, 1.54) is 31.5 Å². The minimum atomic E-state index is -0.764. The van der Waals surface area contributed by atoms with Crippen molar-refractivity contribution in [1.29, 1.82) is 0 Å². The maximum absolute atomic E-state index is 10.6. The minimum absolute atomic E-state index is 0.159. The van der Waals surface area contributed by atoms with Crippen molar-refractivity contribution < 1.29 is 14.6 Å². The second-order valence-corrected chi connectivity index (χ2v) is 6.01. The monoisotopic (exact) mass is 306 g/mol. The van der Waals surface area contributed by atoms with Crippen LogP contribution in [-0.4, -0.2) is 54.7 Å². The third-order valence-electron chi connectivity index (χ3n) is 4.10. The predicted octanol–water partition coefficient (Wildman–Crippen LogP) is 2.20. The maximum atomic E-state index is 10.6. The summed E-state index contributed by atoms with van der Waals surface area (Å²) < 4.78 is 5.52. The van der Waals surface area contributed by atoms with Crippen LogP contribution in [0.3, 0.4) is 0 Å². The molecule has 1 aliphatic rings. The van der Waals surface area contributed by atoms with Crippen molar-refractivity contribution >= 4 is 5.97 Å². The molecule has 1 fully saturated rings. The Morgan fingerprint density at radius 1 is 1.36 bits per heavy atom. The Hall–Kier alpha value is -1.59. The van der Waals surface area contributed by atoms with Gasteiger partial charge in [-0.15, -0.1) is 0 Å². The van der Waals surface area contributed by atoms with Crippen molar-refractivity contribution in [3.05, 3.63) is 29.3 Å². The molecule has 0 amide bonds. The van der Waals surface area contributed by atoms with E-state index in [1.54, 1.807) is 7.11 Å². The standard InChI is InChI=1S/C17H26N2O3/c1-18(10-7-17(20)21)13-15-6-5-14(11-16(15)22-2)12-19-8-3-4-9-19/h5-6,11H,3-4,7-10,12-13H2,1-2H3,(H,20,21). The summed E-state index contributed by atoms with van der Waals surface area (Å²) in [6.07, 6.45) is 2.75. The van der Waals surface area contributed by atoms with Crippen LogP contribution >= 0.6 is 0 Å². The molecule has 0 radical (unpaired) electrons. The van der Waals surface area contributed by atoms with Gasteiger partial charge in [-0.2, -0.15) is 0 Å². The Bertz CT molecular complexity index is 499. The summed E-state index contributed by atoms with van der Waals surface area (Å²) in [6, 6.07) is 6.36. The number of benzene rings is 1. The SMILES string of the molecule is COc1cc(CN2CCCC2)ccc1CN(C)CCC(=O)O. The number of hydrogen-bond donors (Lipinski definition) is 1. The number of carboxylic acid groups (broad SMARTS) is 1. The molecule has 1 saturated heterocycles. The number of methoxy groups -OCH3 is 1. The predicted molar refractivity (Wildman–Crippen MR) is 86.1 cm³/mol. The fourth-order valence-corrected chi connectivity index (χ4v) is 2.87. The van der Waals surface area contributed by atoms with Crippen molar-refractivity contribution in [3.8, 4) is 5.75 Å². The Balaban J connectivity index is 1.97. The minimum Gasteiger partial charge on any atom is -0.496 e. The fraction of sp³-hybridized carbons (Fsp3) is 0.588. The van der Waals surface area contributed by atoms with Gasteiger partial charge in [0.2, 0.25) is 0 Å². The number of carbonyl (C=O) groups is 1. The number of likely N-dealkylation sites (tertiary alicyclic amines) is 1. The van der Waals surface area contributed by atoms with E-state index < -0.39 is 5.97 Å². The topological polar surface area (TPSA) is 53.0 Å². The van der Waals surface area contributed by atoms with Crippen molar-refractivity contribution in [2.24, 2.45) is 0 Å². The zero-order valence-corrected chi connectivity index (χ0v) is 13.5. The number of ether oxygens (including phenoxy) is 1. The van der Waals surface area contributed by atoms with Gasteiger partial charge in [-0.1, -0.05) is 12.1 Å². The van der Waals surface area contributed by atoms with Crippen LogP contribution in [0.4, 0.5) is 0 Å². The molecule has 22 heavy (non-hydrogen) atoms. The molecule has 1 N–H and O–H groups in total. The molecule has 122 valence electrons. The van der Waals surface area contributed by atoms with Crippen LogP contribution in [0.2, 0.25) is 0 Å². The second kappa shape index (κ2) is 8.15. The summed E-state index contributed by atoms with van der Waals surface area (Å²) in [5.41, 5.74) is 2.37. The molecule has 1 aromatic rings. The molecule has 1 aliphatic heterocycles. The number of hydrogen-bond acceptors (Lipinski definition) is 4. The lowest BCUT2D eigenvalue weighted by Crippen LogP contribution is -2.22. The Morgan fingerprint density at radius 2 is 2.09 bits per heavy atom. The van der Waals surface area contributed by atoms with Gasteiger partial charge in [0.25, 0.3) is 0 Å². The van der Waals surface area contributed by atoms with Gasteiger partial charge >= 0.3 is 5.97 Å². The Labute approximate surface area is 132 Å². The van der Waals surface area contributed by atoms with Crippen LogP contribution in [0.25, 0.3) is 0 Å². The van der Waals surface area contributed by atoms with Gasteiger partial charge in [0.1, 0.15) is 5.75 Å². The molecular weight excluding hydrogens is 280 g/mol. The summed E-state index contributed by atoms with van der Waals surface area (Å²) in [4.78, 5) is 15.1. The van der Waals surface area contributed by atoms with E-state index in [0.717, 1.165) is 17.9 Å². The summed E-state index contributed by atoms with van der Waals surface area (Å²) >= 11 is 0. The van der Waals surface area contributed by atoms with Gasteiger partial charge in [0.05, 0.1) is 13.5 Å². The first kappa shape index (κ1) is 16.8. The van der Waals surface area contributed by atoms with E-state index in [2.05, 4.69) is 23.1 Å². The van der Waals surface area contributed by atoms with E-state index in [-0.39, 0.29) is 6.42 Å². The molecule has 0 bridgehead atoms. The number of aliphatic carboxylic acids is 1. The zero-order valence-electron chi connectivity index (χ0n) is 13.5. The fourth-order valence-electron chi connectivity index (χ4n) is 2.87. The third-order valence-corrected chi connectivity index (χ3v) is 4.10. The van der Waals surface area contributed by atoms with Gasteiger partial charge in [-0.3, -0.25) is 9.69 Å². The highest BCUT2D eigenvalue weighted by atomic mass is 16.5. The van der Waals surface area contributed by atoms with Crippen molar-refractivity contribution in [2.75, 3.05) is 33.8 Å². The average Bonchev–Trinajstić information content (AvgIpc) is 2.99. The van der Waals surface area contributed by atoms with Crippen LogP contribution in [0, 0.1) is 0 Å². The molecule has 0 spiro atoms. The molecular formula is C17H26N2O3. The lowest BCUT2D eigenvalue weighted by atomic mass is 10.1. The molecule has 0 atom stereocenters. The molecule has 0 unspecified atom stereocenters. The first-order valence-corrected chi connectivity index (χ1v) is 7.87. The zero-order chi connectivity index (χ0) is 15.9. The van der Waals surface area contributed by atoms with E-state index in [1.807, 2.05) is 11.9 Å². The lowest BCUT2D eigenvalue weighted by Gasteiger charge is -2.19. The normalized spacial score (nSPS) is 15.4. The maximum Gasteiger partial charge on any atom is 0.304 e. The Morgan fingerprint density at radius 3 is 2.73 bits per heavy atom. The molecule has 0 aromatic heterocycles. The van der Waals surface area contributed by atoms with Crippen molar-refractivity contribution in [1.82, 2.24) is 9.80 Å². The Kier molecular flexibility index (Phi) is 6.21. The molecule has 1 heterocycles. The van der Waals surface area contributed by atoms with Gasteiger partial charge in [-0.05, 0) is 44.6 Å². The van der Waals surface area contributed by atoms with E-state index in [4.69, 9.17) is 9.84 Å². The summed E-state index contributed by atoms with van der Waals surface area (Å²) in [7, 11) is 3.62. The van der Waals surface area contributed by atoms with E-state index in [9.17, 15) is 4.79 Å². The van der Waals surface area contributed by atoms with Crippen LogP contribution in [0.5, 0.6) is 5.75 Å². The molecule has 5 heteroatoms. The van der Waals surface area contributed by atoms with Gasteiger partial charge < -0.3 is 14.7 Å². The van der Waals surface area contributed by atoms with Gasteiger partial charge in [0, 0.05) is 25.2 Å². The number of carboxylic acids is 1. The van der Waals surface area contributed by atoms with Crippen LogP contribution in [-0.2, 0) is 17.9 Å². The highest BCUT2D eigenvalue weighted by Gasteiger charge is 2.13. The van der Waals surface area contributed by atoms with Crippen LogP contribution in [0.15, 0.2) is 18.2 Å². The molecule has 2 rings (SSSR count). The third kappa shape index (κ3) is 5.00. The summed E-state index contributed by atoms with van der Waals surface area (Å²) in [6.45, 7) is 4.57. The lowest BCUT2D eigenvalue weighted by molar-refractivity contribution is -0.137. The average molecular weight is 306 g/mol. The van der Waals surface area contributed by atoms with Gasteiger partial charge in [-0.25, -0.2) is 0 Å². The number of nitrogens with zero attached hydrogens (tertiary/aromatic N) is 2. The first-order chi connectivity index (χ1) is 10.6. The largest absolute Gasteiger partial charge is 0.496 e. The molecule has 0 saturated carbocycles.